The Labute approximate surface area is 89.1 Å². The monoisotopic (exact) mass is 229 g/mol. The van der Waals surface area contributed by atoms with Gasteiger partial charge in [-0.25, -0.2) is 13.1 Å². The van der Waals surface area contributed by atoms with Gasteiger partial charge in [-0.1, -0.05) is 0 Å². The van der Waals surface area contributed by atoms with E-state index in [2.05, 4.69) is 9.71 Å². The zero-order valence-electron chi connectivity index (χ0n) is 8.36. The molecule has 1 aliphatic carbocycles. The van der Waals surface area contributed by atoms with Crippen LogP contribution in [0, 0.1) is 5.41 Å². The zero-order chi connectivity index (χ0) is 10.9. The topological polar surface area (TPSA) is 88.0 Å². The molecule has 4 N–H and O–H groups in total. The first-order valence-corrected chi connectivity index (χ1v) is 6.39. The van der Waals surface area contributed by atoms with Crippen molar-refractivity contribution in [1.82, 2.24) is 9.71 Å². The summed E-state index contributed by atoms with van der Waals surface area (Å²) in [5, 5.41) is 0.204. The van der Waals surface area contributed by atoms with E-state index in [0.29, 0.717) is 13.1 Å². The predicted octanol–water partition coefficient (Wildman–Crippen LogP) is 0.0319. The van der Waals surface area contributed by atoms with Gasteiger partial charge in [0.25, 0.3) is 10.0 Å². The van der Waals surface area contributed by atoms with E-state index in [4.69, 9.17) is 5.73 Å². The summed E-state index contributed by atoms with van der Waals surface area (Å²) in [6, 6.07) is 3.19. The molecule has 1 aromatic rings. The maximum Gasteiger partial charge on any atom is 0.256 e. The van der Waals surface area contributed by atoms with Crippen LogP contribution in [0.5, 0.6) is 0 Å². The van der Waals surface area contributed by atoms with Crippen molar-refractivity contribution in [3.63, 3.8) is 0 Å². The van der Waals surface area contributed by atoms with Crippen LogP contribution in [0.4, 0.5) is 0 Å². The lowest BCUT2D eigenvalue weighted by Gasteiger charge is -2.12. The number of nitrogens with one attached hydrogen (secondary N) is 2. The van der Waals surface area contributed by atoms with Gasteiger partial charge < -0.3 is 10.7 Å². The quantitative estimate of drug-likeness (QED) is 0.665. The molecule has 0 saturated heterocycles. The predicted molar refractivity (Wildman–Crippen MR) is 56.7 cm³/mol. The number of H-pyrrole nitrogens is 1. The van der Waals surface area contributed by atoms with E-state index >= 15 is 0 Å². The molecule has 0 amide bonds. The van der Waals surface area contributed by atoms with E-state index in [1.54, 1.807) is 12.3 Å². The van der Waals surface area contributed by atoms with Crippen LogP contribution in [-0.4, -0.2) is 26.5 Å². The number of nitrogens with two attached hydrogens (primary N) is 1. The SMILES string of the molecule is NCC1(CNS(=O)(=O)c2ccc[nH]2)CC1. The van der Waals surface area contributed by atoms with Crippen LogP contribution < -0.4 is 10.5 Å². The highest BCUT2D eigenvalue weighted by Gasteiger charge is 2.41. The van der Waals surface area contributed by atoms with Crippen molar-refractivity contribution in [2.24, 2.45) is 11.1 Å². The van der Waals surface area contributed by atoms with Gasteiger partial charge in [0.2, 0.25) is 0 Å². The molecule has 0 radical (unpaired) electrons. The Morgan fingerprint density at radius 2 is 2.27 bits per heavy atom. The summed E-state index contributed by atoms with van der Waals surface area (Å²) in [6.45, 7) is 0.977. The lowest BCUT2D eigenvalue weighted by Crippen LogP contribution is -2.34. The van der Waals surface area contributed by atoms with Gasteiger partial charge in [-0.3, -0.25) is 0 Å². The minimum absolute atomic E-state index is 0.0136. The molecule has 1 aliphatic rings. The van der Waals surface area contributed by atoms with Crippen molar-refractivity contribution in [3.05, 3.63) is 18.3 Å². The summed E-state index contributed by atoms with van der Waals surface area (Å²) < 4.78 is 26.0. The molecule has 6 heteroatoms. The average molecular weight is 229 g/mol. The normalized spacial score (nSPS) is 19.0. The second kappa shape index (κ2) is 3.62. The number of hydrogen-bond donors (Lipinski definition) is 3. The van der Waals surface area contributed by atoms with Crippen LogP contribution in [0.15, 0.2) is 23.4 Å². The fraction of sp³-hybridized carbons (Fsp3) is 0.556. The molecule has 5 nitrogen and oxygen atoms in total. The Bertz CT molecular complexity index is 420. The molecule has 0 unspecified atom stereocenters. The lowest BCUT2D eigenvalue weighted by atomic mass is 10.1. The maximum atomic E-state index is 11.7. The Kier molecular flexibility index (Phi) is 2.57. The molecule has 0 bridgehead atoms. The Hall–Kier alpha value is -0.850. The molecular weight excluding hydrogens is 214 g/mol. The standard InChI is InChI=1S/C9H15N3O2S/c10-6-9(3-4-9)7-12-15(13,14)8-2-1-5-11-8/h1-2,5,11-12H,3-4,6-7,10H2. The third-order valence-corrected chi connectivity index (χ3v) is 4.24. The van der Waals surface area contributed by atoms with Crippen molar-refractivity contribution < 1.29 is 8.42 Å². The first-order valence-electron chi connectivity index (χ1n) is 4.91. The van der Waals surface area contributed by atoms with Crippen molar-refractivity contribution >= 4 is 10.0 Å². The number of hydrogen-bond acceptors (Lipinski definition) is 3. The summed E-state index contributed by atoms with van der Waals surface area (Å²) in [5.41, 5.74) is 5.59. The van der Waals surface area contributed by atoms with Crippen LogP contribution in [0.3, 0.4) is 0 Å². The van der Waals surface area contributed by atoms with Crippen molar-refractivity contribution in [2.45, 2.75) is 17.9 Å². The van der Waals surface area contributed by atoms with Gasteiger partial charge >= 0.3 is 0 Å². The molecule has 15 heavy (non-hydrogen) atoms. The van der Waals surface area contributed by atoms with Crippen LogP contribution in [0.25, 0.3) is 0 Å². The van der Waals surface area contributed by atoms with E-state index < -0.39 is 10.0 Å². The Morgan fingerprint density at radius 1 is 1.53 bits per heavy atom. The summed E-state index contributed by atoms with van der Waals surface area (Å²) in [5.74, 6) is 0. The molecule has 1 aromatic heterocycles. The first-order chi connectivity index (χ1) is 7.08. The number of aromatic nitrogens is 1. The molecule has 0 spiro atoms. The smallest absolute Gasteiger partial charge is 0.256 e. The van der Waals surface area contributed by atoms with Gasteiger partial charge in [-0.05, 0) is 36.9 Å². The van der Waals surface area contributed by atoms with E-state index in [1.165, 1.54) is 6.07 Å². The molecule has 1 saturated carbocycles. The summed E-state index contributed by atoms with van der Waals surface area (Å²) in [4.78, 5) is 2.67. The van der Waals surface area contributed by atoms with Crippen LogP contribution in [-0.2, 0) is 10.0 Å². The molecule has 0 aromatic carbocycles. The largest absolute Gasteiger partial charge is 0.351 e. The van der Waals surface area contributed by atoms with Crippen molar-refractivity contribution in [1.29, 1.82) is 0 Å². The van der Waals surface area contributed by atoms with Crippen LogP contribution >= 0.6 is 0 Å². The maximum absolute atomic E-state index is 11.7. The minimum atomic E-state index is -3.38. The van der Waals surface area contributed by atoms with Gasteiger partial charge in [0.05, 0.1) is 0 Å². The third-order valence-electron chi connectivity index (χ3n) is 2.89. The van der Waals surface area contributed by atoms with Gasteiger partial charge in [-0.15, -0.1) is 0 Å². The highest BCUT2D eigenvalue weighted by Crippen LogP contribution is 2.43. The second-order valence-electron chi connectivity index (χ2n) is 4.06. The number of sulfonamides is 1. The Morgan fingerprint density at radius 3 is 2.73 bits per heavy atom. The van der Waals surface area contributed by atoms with Crippen molar-refractivity contribution in [3.8, 4) is 0 Å². The van der Waals surface area contributed by atoms with Gasteiger partial charge in [0, 0.05) is 12.7 Å². The fourth-order valence-electron chi connectivity index (χ4n) is 1.44. The van der Waals surface area contributed by atoms with E-state index in [1.807, 2.05) is 0 Å². The highest BCUT2D eigenvalue weighted by atomic mass is 32.2. The zero-order valence-corrected chi connectivity index (χ0v) is 9.18. The molecule has 1 heterocycles. The highest BCUT2D eigenvalue weighted by molar-refractivity contribution is 7.89. The van der Waals surface area contributed by atoms with Gasteiger partial charge in [0.1, 0.15) is 5.03 Å². The lowest BCUT2D eigenvalue weighted by molar-refractivity contribution is 0.500. The molecular formula is C9H15N3O2S. The van der Waals surface area contributed by atoms with Crippen LogP contribution in [0.1, 0.15) is 12.8 Å². The molecule has 2 rings (SSSR count). The minimum Gasteiger partial charge on any atom is -0.351 e. The Balaban J connectivity index is 2.00. The number of aromatic amines is 1. The van der Waals surface area contributed by atoms with E-state index in [-0.39, 0.29) is 10.4 Å². The second-order valence-corrected chi connectivity index (χ2v) is 5.80. The molecule has 0 aliphatic heterocycles. The van der Waals surface area contributed by atoms with Crippen molar-refractivity contribution in [2.75, 3.05) is 13.1 Å². The van der Waals surface area contributed by atoms with Crippen LogP contribution in [0.2, 0.25) is 0 Å². The number of rotatable bonds is 5. The fourth-order valence-corrected chi connectivity index (χ4v) is 2.57. The van der Waals surface area contributed by atoms with Gasteiger partial charge in [0.15, 0.2) is 0 Å². The van der Waals surface area contributed by atoms with E-state index in [0.717, 1.165) is 12.8 Å². The summed E-state index contributed by atoms with van der Waals surface area (Å²) in [6.07, 6.45) is 3.61. The summed E-state index contributed by atoms with van der Waals surface area (Å²) in [7, 11) is -3.38. The average Bonchev–Trinajstić information content (AvgIpc) is 2.77. The van der Waals surface area contributed by atoms with Gasteiger partial charge in [-0.2, -0.15) is 0 Å². The van der Waals surface area contributed by atoms with E-state index in [9.17, 15) is 8.42 Å². The summed E-state index contributed by atoms with van der Waals surface area (Å²) >= 11 is 0. The molecule has 1 fully saturated rings. The molecule has 0 atom stereocenters. The molecule has 84 valence electrons. The third kappa shape index (κ3) is 2.22. The first kappa shape index (κ1) is 10.7.